The first-order valence-electron chi connectivity index (χ1n) is 11.5. The molecule has 0 bridgehead atoms. The molecule has 1 N–H and O–H groups in total. The minimum atomic E-state index is -5.79. The van der Waals surface area contributed by atoms with Crippen LogP contribution in [0.3, 0.4) is 0 Å². The lowest BCUT2D eigenvalue weighted by molar-refractivity contribution is -0.242. The molecule has 1 saturated heterocycles. The number of halogens is 3. The maximum atomic E-state index is 13.2. The van der Waals surface area contributed by atoms with Crippen molar-refractivity contribution in [3.8, 4) is 0 Å². The van der Waals surface area contributed by atoms with Gasteiger partial charge in [-0.1, -0.05) is 13.8 Å². The first kappa shape index (κ1) is 22.9. The average Bonchev–Trinajstić information content (AvgIpc) is 3.28. The van der Waals surface area contributed by atoms with Gasteiger partial charge in [0.15, 0.2) is 5.79 Å². The van der Waals surface area contributed by atoms with Crippen molar-refractivity contribution in [3.05, 3.63) is 11.8 Å². The molecule has 7 atom stereocenters. The van der Waals surface area contributed by atoms with Crippen LogP contribution in [0.1, 0.15) is 58.8 Å². The Labute approximate surface area is 186 Å². The molecule has 0 aromatic rings. The standard InChI is InChI=1S/C22H31F3O6S/c1-19-6-3-13(26)11-17(19)18(31-32(27,28)22(23,24)25)12-14-15(19)4-7-20(2)16(14)5-8-21(20)29-9-10-30-21/h12-17,26H,3-11H2,1-2H3/t13-,14+,15-,16-,17?,19+,20-/m0/s1. The number of allylic oxidation sites excluding steroid dienone is 2. The predicted octanol–water partition coefficient (Wildman–Crippen LogP) is 4.10. The molecule has 3 saturated carbocycles. The number of fused-ring (bicyclic) bond motifs is 6. The summed E-state index contributed by atoms with van der Waals surface area (Å²) in [6.07, 6.45) is 5.60. The lowest BCUT2D eigenvalue weighted by Gasteiger charge is -2.59. The number of aliphatic hydroxyl groups excluding tert-OH is 1. The van der Waals surface area contributed by atoms with E-state index in [0.717, 1.165) is 25.7 Å². The van der Waals surface area contributed by atoms with Crippen molar-refractivity contribution in [2.45, 2.75) is 76.2 Å². The largest absolute Gasteiger partial charge is 0.534 e. The van der Waals surface area contributed by atoms with E-state index in [-0.39, 0.29) is 35.3 Å². The van der Waals surface area contributed by atoms with Crippen LogP contribution >= 0.6 is 0 Å². The van der Waals surface area contributed by atoms with E-state index in [1.165, 1.54) is 0 Å². The molecular weight excluding hydrogens is 449 g/mol. The van der Waals surface area contributed by atoms with Gasteiger partial charge in [0, 0.05) is 17.8 Å². The van der Waals surface area contributed by atoms with Crippen molar-refractivity contribution in [2.24, 2.45) is 34.5 Å². The van der Waals surface area contributed by atoms with Gasteiger partial charge in [-0.05, 0) is 67.8 Å². The van der Waals surface area contributed by atoms with Gasteiger partial charge in [-0.15, -0.1) is 0 Å². The summed E-state index contributed by atoms with van der Waals surface area (Å²) in [5.74, 6) is -1.25. The van der Waals surface area contributed by atoms with Crippen LogP contribution in [0.2, 0.25) is 0 Å². The zero-order chi connectivity index (χ0) is 23.2. The maximum absolute atomic E-state index is 13.2. The van der Waals surface area contributed by atoms with E-state index in [9.17, 15) is 26.7 Å². The van der Waals surface area contributed by atoms with Crippen LogP contribution in [-0.4, -0.2) is 44.1 Å². The summed E-state index contributed by atoms with van der Waals surface area (Å²) < 4.78 is 80.4. The van der Waals surface area contributed by atoms with Gasteiger partial charge in [-0.25, -0.2) is 0 Å². The molecule has 0 aromatic heterocycles. The Balaban J connectivity index is 1.57. The number of hydrogen-bond acceptors (Lipinski definition) is 6. The third kappa shape index (κ3) is 3.04. The second-order valence-corrected chi connectivity index (χ2v) is 12.3. The molecule has 182 valence electrons. The second kappa shape index (κ2) is 7.09. The zero-order valence-electron chi connectivity index (χ0n) is 18.4. The molecular formula is C22H31F3O6S. The number of alkyl halides is 3. The predicted molar refractivity (Wildman–Crippen MR) is 107 cm³/mol. The topological polar surface area (TPSA) is 82.1 Å². The van der Waals surface area contributed by atoms with Crippen molar-refractivity contribution in [1.29, 1.82) is 0 Å². The molecule has 0 radical (unpaired) electrons. The van der Waals surface area contributed by atoms with E-state index in [1.807, 2.05) is 6.92 Å². The van der Waals surface area contributed by atoms with E-state index in [1.54, 1.807) is 6.08 Å². The molecule has 1 spiro atoms. The molecule has 32 heavy (non-hydrogen) atoms. The number of rotatable bonds is 2. The van der Waals surface area contributed by atoms with Crippen LogP contribution in [0.4, 0.5) is 13.2 Å². The lowest BCUT2D eigenvalue weighted by atomic mass is 9.46. The summed E-state index contributed by atoms with van der Waals surface area (Å²) in [5, 5.41) is 10.3. The molecule has 1 aliphatic heterocycles. The Kier molecular flexibility index (Phi) is 5.08. The van der Waals surface area contributed by atoms with Gasteiger partial charge in [-0.3, -0.25) is 0 Å². The minimum Gasteiger partial charge on any atom is -0.393 e. The quantitative estimate of drug-likeness (QED) is 0.473. The van der Waals surface area contributed by atoms with Gasteiger partial charge in [0.2, 0.25) is 0 Å². The summed E-state index contributed by atoms with van der Waals surface area (Å²) in [7, 11) is -5.79. The normalized spacial score (nSPS) is 45.7. The molecule has 4 fully saturated rings. The summed E-state index contributed by atoms with van der Waals surface area (Å²) in [5.41, 5.74) is -6.24. The van der Waals surface area contributed by atoms with Crippen LogP contribution in [-0.2, 0) is 23.8 Å². The molecule has 1 unspecified atom stereocenters. The molecule has 0 amide bonds. The van der Waals surface area contributed by atoms with Crippen molar-refractivity contribution in [3.63, 3.8) is 0 Å². The van der Waals surface area contributed by atoms with Gasteiger partial charge in [-0.2, -0.15) is 21.6 Å². The van der Waals surface area contributed by atoms with Crippen LogP contribution in [0.5, 0.6) is 0 Å². The number of hydrogen-bond donors (Lipinski definition) is 1. The Bertz CT molecular complexity index is 911. The molecule has 10 heteroatoms. The summed E-state index contributed by atoms with van der Waals surface area (Å²) >= 11 is 0. The van der Waals surface area contributed by atoms with Crippen molar-refractivity contribution in [1.82, 2.24) is 0 Å². The van der Waals surface area contributed by atoms with Crippen molar-refractivity contribution in [2.75, 3.05) is 13.2 Å². The number of aliphatic hydroxyl groups is 1. The summed E-state index contributed by atoms with van der Waals surface area (Å²) in [4.78, 5) is 0. The molecule has 5 aliphatic rings. The van der Waals surface area contributed by atoms with Crippen LogP contribution in [0.15, 0.2) is 11.8 Å². The van der Waals surface area contributed by atoms with Gasteiger partial charge in [0.1, 0.15) is 5.76 Å². The maximum Gasteiger partial charge on any atom is 0.534 e. The molecule has 4 aliphatic carbocycles. The van der Waals surface area contributed by atoms with E-state index in [2.05, 4.69) is 6.92 Å². The fourth-order valence-corrected chi connectivity index (χ4v) is 8.36. The smallest absolute Gasteiger partial charge is 0.393 e. The highest BCUT2D eigenvalue weighted by atomic mass is 32.2. The Hall–Kier alpha value is -0.840. The summed E-state index contributed by atoms with van der Waals surface area (Å²) in [6.45, 7) is 5.24. The first-order valence-corrected chi connectivity index (χ1v) is 12.9. The monoisotopic (exact) mass is 480 g/mol. The highest BCUT2D eigenvalue weighted by Gasteiger charge is 2.67. The third-order valence-electron chi connectivity index (χ3n) is 9.49. The van der Waals surface area contributed by atoms with Gasteiger partial charge in [0.05, 0.1) is 19.3 Å². The molecule has 6 nitrogen and oxygen atoms in total. The van der Waals surface area contributed by atoms with E-state index < -0.39 is 38.9 Å². The SMILES string of the molecule is C[C@]12CC[C@H](O)CC1C(OS(=O)(=O)C(F)(F)F)=C[C@@H]1[C@@H]2CC[C@@]2(C)[C@H]1CCC21OCCO1. The second-order valence-electron chi connectivity index (χ2n) is 10.8. The van der Waals surface area contributed by atoms with Crippen LogP contribution < -0.4 is 0 Å². The fraction of sp³-hybridized carbons (Fsp3) is 0.909. The lowest BCUT2D eigenvalue weighted by Crippen LogP contribution is -2.57. The number of ether oxygens (including phenoxy) is 2. The Morgan fingerprint density at radius 1 is 1.06 bits per heavy atom. The highest BCUT2D eigenvalue weighted by molar-refractivity contribution is 7.87. The van der Waals surface area contributed by atoms with E-state index >= 15 is 0 Å². The average molecular weight is 481 g/mol. The fourth-order valence-electron chi connectivity index (χ4n) is 7.85. The molecule has 5 rings (SSSR count). The first-order chi connectivity index (χ1) is 14.8. The van der Waals surface area contributed by atoms with Gasteiger partial charge >= 0.3 is 15.6 Å². The van der Waals surface area contributed by atoms with Crippen molar-refractivity contribution >= 4 is 10.1 Å². The van der Waals surface area contributed by atoms with E-state index in [0.29, 0.717) is 26.1 Å². The van der Waals surface area contributed by atoms with Gasteiger partial charge < -0.3 is 18.8 Å². The minimum absolute atomic E-state index is 0.0937. The van der Waals surface area contributed by atoms with Crippen LogP contribution in [0, 0.1) is 34.5 Å². The zero-order valence-corrected chi connectivity index (χ0v) is 19.2. The Morgan fingerprint density at radius 3 is 2.38 bits per heavy atom. The highest BCUT2D eigenvalue weighted by Crippen LogP contribution is 2.69. The summed E-state index contributed by atoms with van der Waals surface area (Å²) in [6, 6.07) is 0. The molecule has 0 aromatic carbocycles. The van der Waals surface area contributed by atoms with Gasteiger partial charge in [0.25, 0.3) is 0 Å². The Morgan fingerprint density at radius 2 is 1.72 bits per heavy atom. The van der Waals surface area contributed by atoms with Crippen LogP contribution in [0.25, 0.3) is 0 Å². The van der Waals surface area contributed by atoms with Crippen molar-refractivity contribution < 1.29 is 40.4 Å². The molecule has 1 heterocycles. The van der Waals surface area contributed by atoms with E-state index in [4.69, 9.17) is 13.7 Å². The third-order valence-corrected chi connectivity index (χ3v) is 10.5.